The molecule has 0 saturated carbocycles. The summed E-state index contributed by atoms with van der Waals surface area (Å²) in [6.07, 6.45) is 21.7. The average molecular weight is 489 g/mol. The number of methoxy groups -OCH3 is 1. The van der Waals surface area contributed by atoms with Crippen LogP contribution < -0.4 is 20.5 Å². The highest BCUT2D eigenvalue weighted by atomic mass is 16.5. The Morgan fingerprint density at radius 1 is 0.914 bits per heavy atom. The molecule has 200 valence electrons. The largest absolute Gasteiger partial charge is 0.493 e. The summed E-state index contributed by atoms with van der Waals surface area (Å²) in [5, 5.41) is 3.01. The van der Waals surface area contributed by atoms with Crippen molar-refractivity contribution in [1.29, 1.82) is 0 Å². The minimum absolute atomic E-state index is 0.104. The van der Waals surface area contributed by atoms with Gasteiger partial charge in [-0.3, -0.25) is 4.79 Å². The van der Waals surface area contributed by atoms with Crippen LogP contribution in [0.2, 0.25) is 0 Å². The molecule has 0 fully saturated rings. The second-order valence-electron chi connectivity index (χ2n) is 10.4. The quantitative estimate of drug-likeness (QED) is 0.139. The van der Waals surface area contributed by atoms with Gasteiger partial charge in [0.15, 0.2) is 11.5 Å². The Balaban J connectivity index is 2.07. The number of amides is 1. The van der Waals surface area contributed by atoms with Crippen LogP contribution in [0.1, 0.15) is 116 Å². The molecule has 5 heteroatoms. The zero-order valence-corrected chi connectivity index (χ0v) is 23.0. The summed E-state index contributed by atoms with van der Waals surface area (Å²) in [4.78, 5) is 12.2. The highest BCUT2D eigenvalue weighted by Crippen LogP contribution is 2.28. The number of carbonyl (C=O) groups excluding carboxylic acids is 1. The van der Waals surface area contributed by atoms with Crippen molar-refractivity contribution in [2.45, 2.75) is 123 Å². The molecule has 1 aromatic rings. The molecule has 1 rings (SSSR count). The summed E-state index contributed by atoms with van der Waals surface area (Å²) in [6, 6.07) is 5.72. The van der Waals surface area contributed by atoms with E-state index in [1.54, 1.807) is 7.11 Å². The lowest BCUT2D eigenvalue weighted by Gasteiger charge is -2.20. The number of nitrogens with one attached hydrogen (secondary N) is 1. The monoisotopic (exact) mass is 488 g/mol. The van der Waals surface area contributed by atoms with Gasteiger partial charge in [-0.2, -0.15) is 0 Å². The molecule has 1 amide bonds. The summed E-state index contributed by atoms with van der Waals surface area (Å²) in [5.41, 5.74) is 6.56. The maximum absolute atomic E-state index is 12.2. The summed E-state index contributed by atoms with van der Waals surface area (Å²) in [6.45, 7) is 6.99. The maximum Gasteiger partial charge on any atom is 0.220 e. The van der Waals surface area contributed by atoms with Crippen molar-refractivity contribution in [1.82, 2.24) is 5.32 Å². The Morgan fingerprint density at radius 2 is 1.51 bits per heavy atom. The maximum atomic E-state index is 12.2. The number of nitrogens with two attached hydrogens (primary N) is 1. The fraction of sp³-hybridized carbons (Fsp3) is 0.700. The van der Waals surface area contributed by atoms with Crippen LogP contribution in [-0.4, -0.2) is 25.2 Å². The molecule has 0 unspecified atom stereocenters. The molecule has 0 atom stereocenters. The number of hydrogen-bond acceptors (Lipinski definition) is 4. The van der Waals surface area contributed by atoms with Crippen LogP contribution in [0.3, 0.4) is 0 Å². The number of hydrogen-bond donors (Lipinski definition) is 2. The number of carbonyl (C=O) groups is 1. The molecule has 0 radical (unpaired) electrons. The lowest BCUT2D eigenvalue weighted by molar-refractivity contribution is -0.121. The van der Waals surface area contributed by atoms with E-state index in [1.807, 2.05) is 32.0 Å². The van der Waals surface area contributed by atoms with Gasteiger partial charge in [-0.05, 0) is 63.6 Å². The Bertz CT molecular complexity index is 710. The molecule has 0 aliphatic rings. The van der Waals surface area contributed by atoms with Gasteiger partial charge in [0.2, 0.25) is 5.91 Å². The number of ether oxygens (including phenoxy) is 2. The van der Waals surface area contributed by atoms with E-state index < -0.39 is 5.54 Å². The van der Waals surface area contributed by atoms with Crippen molar-refractivity contribution in [2.24, 2.45) is 5.73 Å². The van der Waals surface area contributed by atoms with E-state index >= 15 is 0 Å². The van der Waals surface area contributed by atoms with Crippen molar-refractivity contribution in [3.63, 3.8) is 0 Å². The van der Waals surface area contributed by atoms with Crippen LogP contribution in [0.4, 0.5) is 0 Å². The number of benzene rings is 1. The third kappa shape index (κ3) is 17.1. The molecule has 0 aliphatic heterocycles. The summed E-state index contributed by atoms with van der Waals surface area (Å²) in [7, 11) is 1.62. The second kappa shape index (κ2) is 19.2. The predicted molar refractivity (Wildman–Crippen MR) is 148 cm³/mol. The normalized spacial score (nSPS) is 11.7. The first-order valence-electron chi connectivity index (χ1n) is 13.9. The number of rotatable bonds is 21. The summed E-state index contributed by atoms with van der Waals surface area (Å²) in [5.74, 6) is 1.42. The van der Waals surface area contributed by atoms with E-state index in [0.717, 1.165) is 18.4 Å². The van der Waals surface area contributed by atoms with Gasteiger partial charge in [0.1, 0.15) is 6.61 Å². The third-order valence-corrected chi connectivity index (χ3v) is 5.98. The van der Waals surface area contributed by atoms with Gasteiger partial charge in [0.25, 0.3) is 0 Å². The molecule has 0 spiro atoms. The van der Waals surface area contributed by atoms with Gasteiger partial charge in [0, 0.05) is 18.5 Å². The topological polar surface area (TPSA) is 73.6 Å². The van der Waals surface area contributed by atoms with Crippen molar-refractivity contribution in [3.05, 3.63) is 35.9 Å². The molecular formula is C30H52N2O3. The van der Waals surface area contributed by atoms with E-state index in [4.69, 9.17) is 15.2 Å². The predicted octanol–water partition coefficient (Wildman–Crippen LogP) is 7.47. The van der Waals surface area contributed by atoms with E-state index in [0.29, 0.717) is 31.1 Å². The Morgan fingerprint density at radius 3 is 2.11 bits per heavy atom. The van der Waals surface area contributed by atoms with Crippen molar-refractivity contribution < 1.29 is 14.3 Å². The van der Waals surface area contributed by atoms with Crippen molar-refractivity contribution in [2.75, 3.05) is 13.7 Å². The lowest BCUT2D eigenvalue weighted by atomic mass is 10.1. The molecule has 0 bridgehead atoms. The number of allylic oxidation sites excluding steroid dienone is 2. The molecule has 3 N–H and O–H groups in total. The van der Waals surface area contributed by atoms with Crippen molar-refractivity contribution >= 4 is 5.91 Å². The van der Waals surface area contributed by atoms with Gasteiger partial charge in [-0.25, -0.2) is 0 Å². The minimum Gasteiger partial charge on any atom is -0.493 e. The standard InChI is InChI=1S/C30H52N2O3/c1-5-6-7-8-9-10-11-12-13-14-15-16-17-18-19-20-29(33)32-24-26-21-22-27(28(23-26)34-4)35-25-30(2,3)31/h12-13,21-23H,5-11,14-20,24-25,31H2,1-4H3,(H,32,33). The van der Waals surface area contributed by atoms with Crippen LogP contribution in [0.25, 0.3) is 0 Å². The van der Waals surface area contributed by atoms with Crippen LogP contribution in [0.15, 0.2) is 30.4 Å². The molecule has 5 nitrogen and oxygen atoms in total. The van der Waals surface area contributed by atoms with Gasteiger partial charge >= 0.3 is 0 Å². The van der Waals surface area contributed by atoms with Crippen molar-refractivity contribution in [3.8, 4) is 11.5 Å². The molecule has 1 aromatic carbocycles. The molecular weight excluding hydrogens is 436 g/mol. The zero-order chi connectivity index (χ0) is 25.8. The first-order chi connectivity index (χ1) is 16.9. The minimum atomic E-state index is -0.415. The second-order valence-corrected chi connectivity index (χ2v) is 10.4. The molecule has 0 aromatic heterocycles. The van der Waals surface area contributed by atoms with Gasteiger partial charge < -0.3 is 20.5 Å². The van der Waals surface area contributed by atoms with E-state index in [2.05, 4.69) is 24.4 Å². The first-order valence-corrected chi connectivity index (χ1v) is 13.9. The van der Waals surface area contributed by atoms with Crippen LogP contribution in [0, 0.1) is 0 Å². The summed E-state index contributed by atoms with van der Waals surface area (Å²) >= 11 is 0. The third-order valence-electron chi connectivity index (χ3n) is 5.98. The van der Waals surface area contributed by atoms with E-state index in [-0.39, 0.29) is 5.91 Å². The number of unbranched alkanes of at least 4 members (excludes halogenated alkanes) is 11. The Kier molecular flexibility index (Phi) is 17.0. The van der Waals surface area contributed by atoms with Gasteiger partial charge in [-0.15, -0.1) is 0 Å². The van der Waals surface area contributed by atoms with Crippen LogP contribution in [-0.2, 0) is 11.3 Å². The molecule has 35 heavy (non-hydrogen) atoms. The molecule has 0 aliphatic carbocycles. The molecule has 0 heterocycles. The lowest BCUT2D eigenvalue weighted by Crippen LogP contribution is -2.38. The smallest absolute Gasteiger partial charge is 0.220 e. The fourth-order valence-corrected chi connectivity index (χ4v) is 3.85. The van der Waals surface area contributed by atoms with Crippen LogP contribution >= 0.6 is 0 Å². The first kappa shape index (κ1) is 31.0. The Labute approximate surface area is 215 Å². The van der Waals surface area contributed by atoms with E-state index in [1.165, 1.54) is 70.6 Å². The van der Waals surface area contributed by atoms with Gasteiger partial charge in [-0.1, -0.05) is 76.5 Å². The highest BCUT2D eigenvalue weighted by Gasteiger charge is 2.14. The summed E-state index contributed by atoms with van der Waals surface area (Å²) < 4.78 is 11.2. The average Bonchev–Trinajstić information content (AvgIpc) is 2.83. The SMILES string of the molecule is CCCCCCCCC=CCCCCCCCC(=O)NCc1ccc(OCC(C)(C)N)c(OC)c1. The van der Waals surface area contributed by atoms with E-state index in [9.17, 15) is 4.79 Å². The fourth-order valence-electron chi connectivity index (χ4n) is 3.85. The molecule has 0 saturated heterocycles. The highest BCUT2D eigenvalue weighted by molar-refractivity contribution is 5.75. The van der Waals surface area contributed by atoms with Crippen LogP contribution in [0.5, 0.6) is 11.5 Å². The Hall–Kier alpha value is -2.01. The zero-order valence-electron chi connectivity index (χ0n) is 23.0. The van der Waals surface area contributed by atoms with Gasteiger partial charge in [0.05, 0.1) is 7.11 Å².